The third-order valence-corrected chi connectivity index (χ3v) is 4.63. The molecule has 1 aromatic rings. The Morgan fingerprint density at radius 3 is 3.00 bits per heavy atom. The fourth-order valence-electron chi connectivity index (χ4n) is 3.54. The van der Waals surface area contributed by atoms with Crippen LogP contribution in [0.1, 0.15) is 31.2 Å². The number of nitrogen functional groups attached to an aromatic ring is 1. The summed E-state index contributed by atoms with van der Waals surface area (Å²) in [6.45, 7) is 2.35. The van der Waals surface area contributed by atoms with Gasteiger partial charge in [-0.05, 0) is 43.9 Å². The van der Waals surface area contributed by atoms with Gasteiger partial charge < -0.3 is 11.1 Å². The number of anilines is 1. The van der Waals surface area contributed by atoms with Gasteiger partial charge in [0.05, 0.1) is 0 Å². The molecule has 2 aliphatic rings. The molecule has 2 atom stereocenters. The first-order valence-electron chi connectivity index (χ1n) is 7.61. The Hall–Kier alpha value is -1.55. The number of hydrogen-bond acceptors (Lipinski definition) is 3. The van der Waals surface area contributed by atoms with Gasteiger partial charge in [-0.1, -0.05) is 18.2 Å². The monoisotopic (exact) mass is 273 g/mol. The summed E-state index contributed by atoms with van der Waals surface area (Å²) in [6.07, 6.45) is 4.86. The van der Waals surface area contributed by atoms with Crippen LogP contribution in [0.15, 0.2) is 24.3 Å². The van der Waals surface area contributed by atoms with Crippen molar-refractivity contribution in [3.8, 4) is 0 Å². The van der Waals surface area contributed by atoms with E-state index in [9.17, 15) is 4.79 Å². The number of fused-ring (bicyclic) bond motifs is 1. The number of nitrogens with zero attached hydrogens (tertiary/aromatic N) is 1. The quantitative estimate of drug-likeness (QED) is 0.818. The van der Waals surface area contributed by atoms with Crippen molar-refractivity contribution >= 4 is 11.6 Å². The van der Waals surface area contributed by atoms with Gasteiger partial charge in [0, 0.05) is 30.7 Å². The highest BCUT2D eigenvalue weighted by molar-refractivity contribution is 5.77. The Bertz CT molecular complexity index is 488. The largest absolute Gasteiger partial charge is 0.399 e. The highest BCUT2D eigenvalue weighted by atomic mass is 16.1. The van der Waals surface area contributed by atoms with E-state index in [-0.39, 0.29) is 5.91 Å². The fraction of sp³-hybridized carbons (Fsp3) is 0.562. The Morgan fingerprint density at radius 2 is 2.15 bits per heavy atom. The third kappa shape index (κ3) is 2.80. The van der Waals surface area contributed by atoms with Crippen molar-refractivity contribution in [3.63, 3.8) is 0 Å². The zero-order valence-electron chi connectivity index (χ0n) is 11.8. The number of nitrogens with two attached hydrogens (primary N) is 1. The zero-order valence-corrected chi connectivity index (χ0v) is 11.8. The van der Waals surface area contributed by atoms with E-state index in [1.54, 1.807) is 0 Å². The van der Waals surface area contributed by atoms with Crippen LogP contribution >= 0.6 is 0 Å². The van der Waals surface area contributed by atoms with Gasteiger partial charge in [-0.15, -0.1) is 0 Å². The maximum absolute atomic E-state index is 12.1. The summed E-state index contributed by atoms with van der Waals surface area (Å²) in [5.74, 6) is 0.159. The minimum absolute atomic E-state index is 0.159. The first-order valence-corrected chi connectivity index (χ1v) is 7.61. The van der Waals surface area contributed by atoms with Gasteiger partial charge >= 0.3 is 0 Å². The van der Waals surface area contributed by atoms with Crippen LogP contribution < -0.4 is 11.1 Å². The molecule has 108 valence electrons. The lowest BCUT2D eigenvalue weighted by molar-refractivity contribution is -0.121. The number of benzene rings is 1. The maximum atomic E-state index is 12.1. The van der Waals surface area contributed by atoms with Crippen LogP contribution in [0.5, 0.6) is 0 Å². The minimum Gasteiger partial charge on any atom is -0.399 e. The Morgan fingerprint density at radius 1 is 1.30 bits per heavy atom. The molecule has 0 spiro atoms. The number of carbonyl (C=O) groups is 1. The number of carbonyl (C=O) groups excluding carboxylic acids is 1. The Balaban J connectivity index is 1.49. The molecule has 0 bridgehead atoms. The molecule has 0 aromatic heterocycles. The average Bonchev–Trinajstić information content (AvgIpc) is 3.03. The van der Waals surface area contributed by atoms with Crippen LogP contribution in [-0.4, -0.2) is 36.0 Å². The molecule has 1 amide bonds. The molecular formula is C16H23N3O. The van der Waals surface area contributed by atoms with Gasteiger partial charge in [-0.25, -0.2) is 0 Å². The highest BCUT2D eigenvalue weighted by Gasteiger charge is 2.37. The standard InChI is InChI=1S/C16H23N3O/c17-13-5-2-1-4-12(13)7-8-16(20)18-14-9-11-19-10-3-6-15(14)19/h1-2,4-5,14-15H,3,6-11,17H2,(H,18,20). The number of aryl methyl sites for hydroxylation is 1. The first-order chi connectivity index (χ1) is 9.74. The second-order valence-corrected chi connectivity index (χ2v) is 5.91. The van der Waals surface area contributed by atoms with E-state index in [1.165, 1.54) is 19.4 Å². The molecule has 20 heavy (non-hydrogen) atoms. The molecule has 2 aliphatic heterocycles. The molecule has 0 saturated carbocycles. The molecule has 3 N–H and O–H groups in total. The van der Waals surface area contributed by atoms with Gasteiger partial charge in [0.2, 0.25) is 5.91 Å². The van der Waals surface area contributed by atoms with Gasteiger partial charge in [0.25, 0.3) is 0 Å². The highest BCUT2D eigenvalue weighted by Crippen LogP contribution is 2.27. The number of amides is 1. The van der Waals surface area contributed by atoms with Crippen LogP contribution in [0.4, 0.5) is 5.69 Å². The fourth-order valence-corrected chi connectivity index (χ4v) is 3.54. The van der Waals surface area contributed by atoms with Crippen LogP contribution in [0, 0.1) is 0 Å². The Kier molecular flexibility index (Phi) is 3.92. The summed E-state index contributed by atoms with van der Waals surface area (Å²) < 4.78 is 0. The first kappa shape index (κ1) is 13.4. The van der Waals surface area contributed by atoms with E-state index in [0.717, 1.165) is 30.6 Å². The normalized spacial score (nSPS) is 25.6. The lowest BCUT2D eigenvalue weighted by Crippen LogP contribution is -2.42. The van der Waals surface area contributed by atoms with E-state index in [2.05, 4.69) is 10.2 Å². The molecular weight excluding hydrogens is 250 g/mol. The van der Waals surface area contributed by atoms with Crippen LogP contribution in [0.2, 0.25) is 0 Å². The van der Waals surface area contributed by atoms with E-state index in [1.807, 2.05) is 24.3 Å². The predicted octanol–water partition coefficient (Wildman–Crippen LogP) is 1.55. The van der Waals surface area contributed by atoms with Gasteiger partial charge in [-0.2, -0.15) is 0 Å². The summed E-state index contributed by atoms with van der Waals surface area (Å²) >= 11 is 0. The number of nitrogens with one attached hydrogen (secondary N) is 1. The summed E-state index contributed by atoms with van der Waals surface area (Å²) in [4.78, 5) is 14.6. The van der Waals surface area contributed by atoms with E-state index < -0.39 is 0 Å². The summed E-state index contributed by atoms with van der Waals surface area (Å²) in [5, 5.41) is 3.22. The topological polar surface area (TPSA) is 58.4 Å². The molecule has 1 aromatic carbocycles. The molecule has 4 nitrogen and oxygen atoms in total. The third-order valence-electron chi connectivity index (χ3n) is 4.63. The molecule has 4 heteroatoms. The van der Waals surface area contributed by atoms with Crippen molar-refractivity contribution in [3.05, 3.63) is 29.8 Å². The van der Waals surface area contributed by atoms with Gasteiger partial charge in [-0.3, -0.25) is 9.69 Å². The molecule has 2 fully saturated rings. The summed E-state index contributed by atoms with van der Waals surface area (Å²) in [7, 11) is 0. The smallest absolute Gasteiger partial charge is 0.220 e. The van der Waals surface area contributed by atoms with Crippen molar-refractivity contribution < 1.29 is 4.79 Å². The molecule has 0 aliphatic carbocycles. The number of rotatable bonds is 4. The lowest BCUT2D eigenvalue weighted by atomic mass is 10.0. The number of para-hydroxylation sites is 1. The maximum Gasteiger partial charge on any atom is 0.220 e. The van der Waals surface area contributed by atoms with Gasteiger partial charge in [0.1, 0.15) is 0 Å². The molecule has 3 rings (SSSR count). The average molecular weight is 273 g/mol. The summed E-state index contributed by atoms with van der Waals surface area (Å²) in [6, 6.07) is 8.72. The van der Waals surface area contributed by atoms with E-state index in [4.69, 9.17) is 5.73 Å². The molecule has 2 unspecified atom stereocenters. The van der Waals surface area contributed by atoms with Gasteiger partial charge in [0.15, 0.2) is 0 Å². The lowest BCUT2D eigenvalue weighted by Gasteiger charge is -2.21. The zero-order chi connectivity index (χ0) is 13.9. The van der Waals surface area contributed by atoms with Crippen molar-refractivity contribution in [1.82, 2.24) is 10.2 Å². The van der Waals surface area contributed by atoms with Crippen molar-refractivity contribution in [2.45, 2.75) is 44.2 Å². The van der Waals surface area contributed by atoms with Crippen LogP contribution in [0.3, 0.4) is 0 Å². The van der Waals surface area contributed by atoms with Crippen molar-refractivity contribution in [2.75, 3.05) is 18.8 Å². The summed E-state index contributed by atoms with van der Waals surface area (Å²) in [5.41, 5.74) is 7.75. The van der Waals surface area contributed by atoms with Crippen molar-refractivity contribution in [1.29, 1.82) is 0 Å². The molecule has 0 radical (unpaired) electrons. The SMILES string of the molecule is Nc1ccccc1CCC(=O)NC1CCN2CCCC12. The van der Waals surface area contributed by atoms with E-state index >= 15 is 0 Å². The van der Waals surface area contributed by atoms with E-state index in [0.29, 0.717) is 18.5 Å². The van der Waals surface area contributed by atoms with Crippen molar-refractivity contribution in [2.24, 2.45) is 0 Å². The second kappa shape index (κ2) is 5.83. The second-order valence-electron chi connectivity index (χ2n) is 5.91. The Labute approximate surface area is 120 Å². The van der Waals surface area contributed by atoms with Crippen LogP contribution in [-0.2, 0) is 11.2 Å². The molecule has 2 heterocycles. The molecule has 2 saturated heterocycles. The predicted molar refractivity (Wildman–Crippen MR) is 80.3 cm³/mol. The van der Waals surface area contributed by atoms with Crippen LogP contribution in [0.25, 0.3) is 0 Å². The number of hydrogen-bond donors (Lipinski definition) is 2. The minimum atomic E-state index is 0.159.